The van der Waals surface area contributed by atoms with Gasteiger partial charge in [-0.2, -0.15) is 0 Å². The van der Waals surface area contributed by atoms with Gasteiger partial charge < -0.3 is 5.73 Å². The van der Waals surface area contributed by atoms with Gasteiger partial charge in [0.1, 0.15) is 0 Å². The molecule has 2 N–H and O–H groups in total. The molecule has 1 unspecified atom stereocenters. The van der Waals surface area contributed by atoms with E-state index in [9.17, 15) is 0 Å². The molecule has 1 heteroatoms. The van der Waals surface area contributed by atoms with Crippen LogP contribution in [-0.2, 0) is 0 Å². The Labute approximate surface area is 51.3 Å². The summed E-state index contributed by atoms with van der Waals surface area (Å²) in [6.45, 7) is 4.40. The monoisotopic (exact) mass is 113 g/mol. The summed E-state index contributed by atoms with van der Waals surface area (Å²) in [5, 5.41) is 0. The largest absolute Gasteiger partial charge is 0.325 e. The zero-order valence-electron chi connectivity index (χ0n) is 5.78. The second-order valence-electron chi connectivity index (χ2n) is 3.30. The molecule has 1 aliphatic rings. The van der Waals surface area contributed by atoms with Crippen molar-refractivity contribution >= 4 is 0 Å². The molecule has 2 atom stereocenters. The van der Waals surface area contributed by atoms with Crippen LogP contribution in [0.4, 0.5) is 0 Å². The maximum atomic E-state index is 5.92. The minimum absolute atomic E-state index is 0.153. The molecular weight excluding hydrogens is 98.1 g/mol. The molecule has 1 rings (SSSR count). The van der Waals surface area contributed by atoms with Gasteiger partial charge >= 0.3 is 0 Å². The average molecular weight is 113 g/mol. The maximum Gasteiger partial charge on any atom is 0.0151 e. The lowest BCUT2D eigenvalue weighted by molar-refractivity contribution is 0.373. The zero-order valence-corrected chi connectivity index (χ0v) is 5.78. The molecule has 0 saturated heterocycles. The quantitative estimate of drug-likeness (QED) is 0.506. The summed E-state index contributed by atoms with van der Waals surface area (Å²) in [6, 6.07) is 0. The van der Waals surface area contributed by atoms with E-state index in [1.807, 2.05) is 0 Å². The normalized spacial score (nSPS) is 47.6. The molecule has 0 radical (unpaired) electrons. The Balaban J connectivity index is 2.54. The molecule has 0 aliphatic heterocycles. The molecular formula is C7H15N. The van der Waals surface area contributed by atoms with Crippen LogP contribution < -0.4 is 5.73 Å². The van der Waals surface area contributed by atoms with Crippen LogP contribution in [0.5, 0.6) is 0 Å². The van der Waals surface area contributed by atoms with E-state index >= 15 is 0 Å². The van der Waals surface area contributed by atoms with Gasteiger partial charge in [0.25, 0.3) is 0 Å². The summed E-state index contributed by atoms with van der Waals surface area (Å²) in [5.74, 6) is 0.738. The van der Waals surface area contributed by atoms with E-state index in [1.54, 1.807) is 0 Å². The molecule has 48 valence electrons. The van der Waals surface area contributed by atoms with Crippen LogP contribution >= 0.6 is 0 Å². The number of nitrogens with two attached hydrogens (primary N) is 1. The van der Waals surface area contributed by atoms with Crippen molar-refractivity contribution < 1.29 is 0 Å². The van der Waals surface area contributed by atoms with Crippen molar-refractivity contribution in [2.45, 2.75) is 38.6 Å². The smallest absolute Gasteiger partial charge is 0.0151 e. The molecule has 0 spiro atoms. The maximum absolute atomic E-state index is 5.92. The third kappa shape index (κ3) is 0.873. The van der Waals surface area contributed by atoms with Gasteiger partial charge in [-0.3, -0.25) is 0 Å². The first-order valence-corrected chi connectivity index (χ1v) is 3.42. The summed E-state index contributed by atoms with van der Waals surface area (Å²) in [4.78, 5) is 0. The summed E-state index contributed by atoms with van der Waals surface area (Å²) in [5.41, 5.74) is 6.07. The lowest BCUT2D eigenvalue weighted by Gasteiger charge is -2.22. The third-order valence-electron chi connectivity index (χ3n) is 2.48. The molecule has 0 amide bonds. The fourth-order valence-electron chi connectivity index (χ4n) is 1.37. The van der Waals surface area contributed by atoms with Crippen LogP contribution in [0.2, 0.25) is 0 Å². The molecule has 0 bridgehead atoms. The van der Waals surface area contributed by atoms with Crippen molar-refractivity contribution in [3.63, 3.8) is 0 Å². The fourth-order valence-corrected chi connectivity index (χ4v) is 1.37. The molecule has 1 fully saturated rings. The van der Waals surface area contributed by atoms with Crippen LogP contribution in [-0.4, -0.2) is 5.54 Å². The standard InChI is InChI=1S/C7H15N/c1-6-4-3-5-7(6,2)8/h6H,3-5,8H2,1-2H3/t6-,7?/m0/s1. The fraction of sp³-hybridized carbons (Fsp3) is 1.00. The van der Waals surface area contributed by atoms with E-state index in [2.05, 4.69) is 13.8 Å². The van der Waals surface area contributed by atoms with E-state index < -0.39 is 0 Å². The Bertz CT molecular complexity index is 86.4. The van der Waals surface area contributed by atoms with Gasteiger partial charge in [-0.15, -0.1) is 0 Å². The van der Waals surface area contributed by atoms with Gasteiger partial charge in [0.2, 0.25) is 0 Å². The first-order chi connectivity index (χ1) is 3.63. The summed E-state index contributed by atoms with van der Waals surface area (Å²) in [6.07, 6.45) is 3.87. The Morgan fingerprint density at radius 1 is 1.62 bits per heavy atom. The van der Waals surface area contributed by atoms with Gasteiger partial charge in [-0.25, -0.2) is 0 Å². The van der Waals surface area contributed by atoms with E-state index in [0.717, 1.165) is 5.92 Å². The Morgan fingerprint density at radius 2 is 2.25 bits per heavy atom. The zero-order chi connectivity index (χ0) is 6.20. The molecule has 8 heavy (non-hydrogen) atoms. The predicted octanol–water partition coefficient (Wildman–Crippen LogP) is 1.52. The van der Waals surface area contributed by atoms with Gasteiger partial charge in [0, 0.05) is 5.54 Å². The highest BCUT2D eigenvalue weighted by Crippen LogP contribution is 2.32. The number of hydrogen-bond acceptors (Lipinski definition) is 1. The Hall–Kier alpha value is -0.0400. The van der Waals surface area contributed by atoms with E-state index in [0.29, 0.717) is 0 Å². The third-order valence-corrected chi connectivity index (χ3v) is 2.48. The van der Waals surface area contributed by atoms with E-state index in [1.165, 1.54) is 19.3 Å². The molecule has 1 aliphatic carbocycles. The minimum atomic E-state index is 0.153. The van der Waals surface area contributed by atoms with E-state index in [4.69, 9.17) is 5.73 Å². The van der Waals surface area contributed by atoms with Gasteiger partial charge in [0.15, 0.2) is 0 Å². The van der Waals surface area contributed by atoms with Crippen molar-refractivity contribution in [1.82, 2.24) is 0 Å². The van der Waals surface area contributed by atoms with Gasteiger partial charge in [-0.05, 0) is 25.7 Å². The van der Waals surface area contributed by atoms with E-state index in [-0.39, 0.29) is 5.54 Å². The van der Waals surface area contributed by atoms with Crippen LogP contribution in [0.15, 0.2) is 0 Å². The molecule has 0 aromatic heterocycles. The molecule has 1 nitrogen and oxygen atoms in total. The molecule has 1 saturated carbocycles. The number of hydrogen-bond donors (Lipinski definition) is 1. The first-order valence-electron chi connectivity index (χ1n) is 3.42. The highest BCUT2D eigenvalue weighted by atomic mass is 14.7. The number of rotatable bonds is 0. The first kappa shape index (κ1) is 6.09. The summed E-state index contributed by atoms with van der Waals surface area (Å²) in [7, 11) is 0. The second-order valence-corrected chi connectivity index (χ2v) is 3.30. The molecule has 0 heterocycles. The predicted molar refractivity (Wildman–Crippen MR) is 35.6 cm³/mol. The van der Waals surface area contributed by atoms with Crippen molar-refractivity contribution in [2.24, 2.45) is 11.7 Å². The van der Waals surface area contributed by atoms with Crippen LogP contribution in [0.1, 0.15) is 33.1 Å². The second kappa shape index (κ2) is 1.73. The van der Waals surface area contributed by atoms with Gasteiger partial charge in [-0.1, -0.05) is 13.3 Å². The lowest BCUT2D eigenvalue weighted by Crippen LogP contribution is -2.38. The summed E-state index contributed by atoms with van der Waals surface area (Å²) >= 11 is 0. The highest BCUT2D eigenvalue weighted by Gasteiger charge is 2.30. The minimum Gasteiger partial charge on any atom is -0.325 e. The molecule has 0 aromatic carbocycles. The summed E-state index contributed by atoms with van der Waals surface area (Å²) < 4.78 is 0. The van der Waals surface area contributed by atoms with Crippen LogP contribution in [0.25, 0.3) is 0 Å². The van der Waals surface area contributed by atoms with Crippen molar-refractivity contribution in [3.8, 4) is 0 Å². The molecule has 0 aromatic rings. The van der Waals surface area contributed by atoms with Crippen LogP contribution in [0, 0.1) is 5.92 Å². The lowest BCUT2D eigenvalue weighted by atomic mass is 9.92. The Kier molecular flexibility index (Phi) is 1.31. The van der Waals surface area contributed by atoms with Gasteiger partial charge in [0.05, 0.1) is 0 Å². The average Bonchev–Trinajstić information content (AvgIpc) is 1.86. The van der Waals surface area contributed by atoms with Crippen LogP contribution in [0.3, 0.4) is 0 Å². The highest BCUT2D eigenvalue weighted by molar-refractivity contribution is 4.89. The SMILES string of the molecule is C[C@H]1CCCC1(C)N. The van der Waals surface area contributed by atoms with Crippen molar-refractivity contribution in [1.29, 1.82) is 0 Å². The Morgan fingerprint density at radius 3 is 2.38 bits per heavy atom. The van der Waals surface area contributed by atoms with Crippen molar-refractivity contribution in [2.75, 3.05) is 0 Å². The van der Waals surface area contributed by atoms with Crippen molar-refractivity contribution in [3.05, 3.63) is 0 Å². The topological polar surface area (TPSA) is 26.0 Å².